The molecule has 110 valence electrons. The normalized spacial score (nSPS) is 19.1. The minimum atomic E-state index is -0.108. The molecule has 0 aromatic carbocycles. The lowest BCUT2D eigenvalue weighted by molar-refractivity contribution is -0.126. The van der Waals surface area contributed by atoms with Crippen LogP contribution in [-0.4, -0.2) is 79.7 Å². The summed E-state index contributed by atoms with van der Waals surface area (Å²) in [6.45, 7) is 7.22. The van der Waals surface area contributed by atoms with Crippen molar-refractivity contribution in [3.8, 4) is 0 Å². The predicted octanol–water partition coefficient (Wildman–Crippen LogP) is -0.959. The number of thiocarbonyl (C=S) groups is 1. The predicted molar refractivity (Wildman–Crippen MR) is 79.1 cm³/mol. The van der Waals surface area contributed by atoms with Crippen molar-refractivity contribution in [3.63, 3.8) is 0 Å². The summed E-state index contributed by atoms with van der Waals surface area (Å²) in [6.07, 6.45) is 0. The number of hydrogen-bond donors (Lipinski definition) is 2. The van der Waals surface area contributed by atoms with E-state index in [1.165, 1.54) is 0 Å². The van der Waals surface area contributed by atoms with Crippen molar-refractivity contribution in [1.29, 1.82) is 0 Å². The fourth-order valence-corrected chi connectivity index (χ4v) is 2.30. The molecule has 0 saturated carbocycles. The summed E-state index contributed by atoms with van der Waals surface area (Å²) in [6, 6.07) is -0.108. The molecule has 1 amide bonds. The molecule has 0 radical (unpaired) electrons. The lowest BCUT2D eigenvalue weighted by atomic mass is 10.2. The second kappa shape index (κ2) is 8.42. The highest BCUT2D eigenvalue weighted by Gasteiger charge is 2.25. The molecular weight excluding hydrogens is 264 g/mol. The molecule has 1 rings (SSSR count). The first-order valence-electron chi connectivity index (χ1n) is 6.56. The highest BCUT2D eigenvalue weighted by Crippen LogP contribution is 2.06. The largest absolute Gasteiger partial charge is 0.392 e. The average Bonchev–Trinajstić information content (AvgIpc) is 2.38. The van der Waals surface area contributed by atoms with E-state index in [-0.39, 0.29) is 11.9 Å². The number of methoxy groups -OCH3 is 1. The van der Waals surface area contributed by atoms with E-state index in [0.29, 0.717) is 24.7 Å². The molecule has 3 N–H and O–H groups in total. The molecule has 0 aliphatic carbocycles. The van der Waals surface area contributed by atoms with Crippen LogP contribution in [0.1, 0.15) is 6.92 Å². The summed E-state index contributed by atoms with van der Waals surface area (Å²) in [7, 11) is 1.62. The average molecular weight is 288 g/mol. The van der Waals surface area contributed by atoms with Gasteiger partial charge in [0.1, 0.15) is 0 Å². The minimum Gasteiger partial charge on any atom is -0.392 e. The molecule has 1 atom stereocenters. The molecule has 1 heterocycles. The molecule has 1 saturated heterocycles. The molecule has 19 heavy (non-hydrogen) atoms. The van der Waals surface area contributed by atoms with Gasteiger partial charge in [0, 0.05) is 46.4 Å². The maximum absolute atomic E-state index is 11.9. The van der Waals surface area contributed by atoms with Crippen molar-refractivity contribution in [1.82, 2.24) is 15.1 Å². The van der Waals surface area contributed by atoms with Crippen molar-refractivity contribution >= 4 is 23.1 Å². The Morgan fingerprint density at radius 1 is 1.42 bits per heavy atom. The van der Waals surface area contributed by atoms with Crippen LogP contribution in [0.2, 0.25) is 0 Å². The van der Waals surface area contributed by atoms with E-state index in [1.807, 2.05) is 6.92 Å². The SMILES string of the molecule is COCCNC(=O)C(C)N1CCN(CC(N)=S)CC1. The molecule has 0 bridgehead atoms. The molecule has 1 aliphatic rings. The summed E-state index contributed by atoms with van der Waals surface area (Å²) in [4.78, 5) is 16.8. The molecule has 0 aromatic rings. The zero-order chi connectivity index (χ0) is 14.3. The van der Waals surface area contributed by atoms with Gasteiger partial charge in [0.05, 0.1) is 17.6 Å². The Labute approximate surface area is 120 Å². The van der Waals surface area contributed by atoms with Gasteiger partial charge >= 0.3 is 0 Å². The van der Waals surface area contributed by atoms with Crippen molar-refractivity contribution in [2.24, 2.45) is 5.73 Å². The van der Waals surface area contributed by atoms with E-state index in [0.717, 1.165) is 26.2 Å². The molecule has 1 unspecified atom stereocenters. The number of amides is 1. The number of carbonyl (C=O) groups is 1. The zero-order valence-electron chi connectivity index (χ0n) is 11.7. The lowest BCUT2D eigenvalue weighted by Gasteiger charge is -2.37. The summed E-state index contributed by atoms with van der Waals surface area (Å²) in [5, 5.41) is 2.86. The van der Waals surface area contributed by atoms with E-state index in [2.05, 4.69) is 15.1 Å². The van der Waals surface area contributed by atoms with Crippen LogP contribution in [0.25, 0.3) is 0 Å². The third-order valence-electron chi connectivity index (χ3n) is 3.32. The number of nitrogens with two attached hydrogens (primary N) is 1. The number of nitrogens with one attached hydrogen (secondary N) is 1. The Kier molecular flexibility index (Phi) is 7.22. The van der Waals surface area contributed by atoms with Crippen molar-refractivity contribution in [2.75, 3.05) is 53.0 Å². The van der Waals surface area contributed by atoms with Crippen LogP contribution in [-0.2, 0) is 9.53 Å². The fourth-order valence-electron chi connectivity index (χ4n) is 2.12. The molecule has 0 aromatic heterocycles. The summed E-state index contributed by atoms with van der Waals surface area (Å²) in [5.74, 6) is 0.0554. The van der Waals surface area contributed by atoms with Crippen molar-refractivity contribution in [3.05, 3.63) is 0 Å². The first-order valence-corrected chi connectivity index (χ1v) is 6.96. The Bertz CT molecular complexity index is 306. The van der Waals surface area contributed by atoms with Gasteiger partial charge in [0.2, 0.25) is 5.91 Å². The smallest absolute Gasteiger partial charge is 0.237 e. The standard InChI is InChI=1S/C12H24N4O2S/c1-10(12(17)14-3-8-18-2)16-6-4-15(5-7-16)9-11(13)19/h10H,3-9H2,1-2H3,(H2,13,19)(H,14,17). The molecule has 1 aliphatic heterocycles. The summed E-state index contributed by atoms with van der Waals surface area (Å²) in [5.41, 5.74) is 5.53. The number of rotatable bonds is 7. The van der Waals surface area contributed by atoms with Crippen LogP contribution in [0.3, 0.4) is 0 Å². The van der Waals surface area contributed by atoms with E-state index in [4.69, 9.17) is 22.7 Å². The summed E-state index contributed by atoms with van der Waals surface area (Å²) >= 11 is 4.90. The number of carbonyl (C=O) groups excluding carboxylic acids is 1. The molecule has 1 fully saturated rings. The van der Waals surface area contributed by atoms with Gasteiger partial charge in [0.25, 0.3) is 0 Å². The van der Waals surface area contributed by atoms with E-state index in [9.17, 15) is 4.79 Å². The van der Waals surface area contributed by atoms with Crippen molar-refractivity contribution in [2.45, 2.75) is 13.0 Å². The highest BCUT2D eigenvalue weighted by atomic mass is 32.1. The van der Waals surface area contributed by atoms with Gasteiger partial charge in [-0.2, -0.15) is 0 Å². The maximum Gasteiger partial charge on any atom is 0.237 e. The molecule has 7 heteroatoms. The second-order valence-electron chi connectivity index (χ2n) is 4.74. The first-order chi connectivity index (χ1) is 9.04. The molecule has 0 spiro atoms. The van der Waals surface area contributed by atoms with Crippen LogP contribution in [0.4, 0.5) is 0 Å². The number of piperazine rings is 1. The first kappa shape index (κ1) is 16.3. The topological polar surface area (TPSA) is 70.8 Å². The Morgan fingerprint density at radius 2 is 2.05 bits per heavy atom. The van der Waals surface area contributed by atoms with Gasteiger partial charge < -0.3 is 15.8 Å². The van der Waals surface area contributed by atoms with Crippen LogP contribution >= 0.6 is 12.2 Å². The quantitative estimate of drug-likeness (QED) is 0.464. The second-order valence-corrected chi connectivity index (χ2v) is 5.26. The van der Waals surface area contributed by atoms with Crippen LogP contribution in [0.15, 0.2) is 0 Å². The number of ether oxygens (including phenoxy) is 1. The van der Waals surface area contributed by atoms with Gasteiger partial charge in [-0.15, -0.1) is 0 Å². The van der Waals surface area contributed by atoms with E-state index in [1.54, 1.807) is 7.11 Å². The Balaban J connectivity index is 2.29. The van der Waals surface area contributed by atoms with Gasteiger partial charge in [-0.3, -0.25) is 14.6 Å². The zero-order valence-corrected chi connectivity index (χ0v) is 12.5. The molecular formula is C12H24N4O2S. The van der Waals surface area contributed by atoms with Gasteiger partial charge in [-0.1, -0.05) is 12.2 Å². The number of hydrogen-bond acceptors (Lipinski definition) is 5. The monoisotopic (exact) mass is 288 g/mol. The van der Waals surface area contributed by atoms with E-state index >= 15 is 0 Å². The third-order valence-corrected chi connectivity index (χ3v) is 3.45. The summed E-state index contributed by atoms with van der Waals surface area (Å²) < 4.78 is 4.91. The van der Waals surface area contributed by atoms with Crippen LogP contribution in [0.5, 0.6) is 0 Å². The van der Waals surface area contributed by atoms with Crippen LogP contribution < -0.4 is 11.1 Å². The van der Waals surface area contributed by atoms with Crippen molar-refractivity contribution < 1.29 is 9.53 Å². The Morgan fingerprint density at radius 3 is 2.58 bits per heavy atom. The fraction of sp³-hybridized carbons (Fsp3) is 0.833. The highest BCUT2D eigenvalue weighted by molar-refractivity contribution is 7.80. The third kappa shape index (κ3) is 5.82. The maximum atomic E-state index is 11.9. The Hall–Kier alpha value is -0.760. The van der Waals surface area contributed by atoms with Gasteiger partial charge in [-0.25, -0.2) is 0 Å². The lowest BCUT2D eigenvalue weighted by Crippen LogP contribution is -2.55. The van der Waals surface area contributed by atoms with Gasteiger partial charge in [0.15, 0.2) is 0 Å². The minimum absolute atomic E-state index is 0.0554. The number of nitrogens with zero attached hydrogens (tertiary/aromatic N) is 2. The van der Waals surface area contributed by atoms with Gasteiger partial charge in [-0.05, 0) is 6.92 Å². The van der Waals surface area contributed by atoms with E-state index < -0.39 is 0 Å². The van der Waals surface area contributed by atoms with Crippen LogP contribution in [0, 0.1) is 0 Å². The molecule has 6 nitrogen and oxygen atoms in total.